The number of hydrogen-bond donors (Lipinski definition) is 1. The zero-order valence-electron chi connectivity index (χ0n) is 11.5. The Morgan fingerprint density at radius 1 is 1.10 bits per heavy atom. The first kappa shape index (κ1) is 12.1. The summed E-state index contributed by atoms with van der Waals surface area (Å²) in [6.45, 7) is 2.07. The summed E-state index contributed by atoms with van der Waals surface area (Å²) in [6, 6.07) is 8.63. The van der Waals surface area contributed by atoms with Crippen molar-refractivity contribution in [2.75, 3.05) is 13.1 Å². The number of nitrogens with one attached hydrogen (secondary N) is 1. The quantitative estimate of drug-likeness (QED) is 0.909. The van der Waals surface area contributed by atoms with Crippen LogP contribution in [0.2, 0.25) is 0 Å². The number of hydrogen-bond acceptors (Lipinski definition) is 4. The highest BCUT2D eigenvalue weighted by Gasteiger charge is 2.28. The lowest BCUT2D eigenvalue weighted by molar-refractivity contribution is 0.319. The van der Waals surface area contributed by atoms with Crippen molar-refractivity contribution >= 4 is 0 Å². The van der Waals surface area contributed by atoms with Gasteiger partial charge in [0.1, 0.15) is 0 Å². The van der Waals surface area contributed by atoms with Crippen LogP contribution >= 0.6 is 0 Å². The Morgan fingerprint density at radius 2 is 1.90 bits per heavy atom. The van der Waals surface area contributed by atoms with E-state index in [-0.39, 0.29) is 0 Å². The van der Waals surface area contributed by atoms with Crippen LogP contribution in [0, 0.1) is 0 Å². The van der Waals surface area contributed by atoms with Gasteiger partial charge in [0.05, 0.1) is 5.92 Å². The fraction of sp³-hybridized carbons (Fsp3) is 0.500. The van der Waals surface area contributed by atoms with Gasteiger partial charge >= 0.3 is 0 Å². The van der Waals surface area contributed by atoms with E-state index in [2.05, 4.69) is 39.7 Å². The summed E-state index contributed by atoms with van der Waals surface area (Å²) in [7, 11) is 0. The zero-order valence-corrected chi connectivity index (χ0v) is 11.5. The van der Waals surface area contributed by atoms with Gasteiger partial charge in [-0.05, 0) is 43.4 Å². The Labute approximate surface area is 118 Å². The predicted octanol–water partition coefficient (Wildman–Crippen LogP) is 2.42. The molecule has 0 saturated carbocycles. The largest absolute Gasteiger partial charge is 0.339 e. The maximum absolute atomic E-state index is 5.51. The molecule has 1 N–H and O–H groups in total. The molecule has 0 radical (unpaired) electrons. The Balaban J connectivity index is 1.52. The molecule has 2 aliphatic rings. The van der Waals surface area contributed by atoms with Gasteiger partial charge in [0.2, 0.25) is 5.89 Å². The molecule has 0 spiro atoms. The fourth-order valence-corrected chi connectivity index (χ4v) is 3.38. The first-order valence-corrected chi connectivity index (χ1v) is 7.51. The van der Waals surface area contributed by atoms with E-state index in [1.165, 1.54) is 17.5 Å². The lowest BCUT2D eigenvalue weighted by Crippen LogP contribution is -2.28. The Bertz CT molecular complexity index is 576. The summed E-state index contributed by atoms with van der Waals surface area (Å²) < 4.78 is 5.51. The van der Waals surface area contributed by atoms with Gasteiger partial charge in [0.25, 0.3) is 0 Å². The molecule has 0 amide bonds. The molecule has 1 aromatic carbocycles. The molecule has 1 aliphatic heterocycles. The maximum atomic E-state index is 5.51. The van der Waals surface area contributed by atoms with Crippen LogP contribution in [-0.2, 0) is 12.8 Å². The van der Waals surface area contributed by atoms with Crippen molar-refractivity contribution < 1.29 is 4.52 Å². The fourth-order valence-electron chi connectivity index (χ4n) is 3.38. The molecule has 20 heavy (non-hydrogen) atoms. The summed E-state index contributed by atoms with van der Waals surface area (Å²) in [4.78, 5) is 4.68. The molecular formula is C16H19N3O. The Kier molecular flexibility index (Phi) is 3.03. The van der Waals surface area contributed by atoms with Crippen LogP contribution in [0.4, 0.5) is 0 Å². The standard InChI is InChI=1S/C16H19N3O/c1-2-5-12-9-14(8-11(12)4-1)15-18-16(20-19-15)13-6-3-7-17-10-13/h1-2,4-5,13-14,17H,3,6-10H2/t13-/m1/s1. The number of aromatic nitrogens is 2. The van der Waals surface area contributed by atoms with Crippen molar-refractivity contribution in [3.63, 3.8) is 0 Å². The topological polar surface area (TPSA) is 51.0 Å². The number of piperidine rings is 1. The third-order valence-corrected chi connectivity index (χ3v) is 4.52. The van der Waals surface area contributed by atoms with Crippen molar-refractivity contribution in [3.8, 4) is 0 Å². The minimum absolute atomic E-state index is 0.390. The minimum atomic E-state index is 0.390. The normalized spacial score (nSPS) is 22.9. The number of fused-ring (bicyclic) bond motifs is 1. The number of nitrogens with zero attached hydrogens (tertiary/aromatic N) is 2. The molecule has 1 fully saturated rings. The summed E-state index contributed by atoms with van der Waals surface area (Å²) in [6.07, 6.45) is 4.42. The van der Waals surface area contributed by atoms with Gasteiger partial charge in [-0.1, -0.05) is 29.4 Å². The van der Waals surface area contributed by atoms with E-state index in [1.54, 1.807) is 0 Å². The van der Waals surface area contributed by atoms with Crippen LogP contribution < -0.4 is 5.32 Å². The third kappa shape index (κ3) is 2.14. The summed E-state index contributed by atoms with van der Waals surface area (Å²) >= 11 is 0. The van der Waals surface area contributed by atoms with Gasteiger partial charge in [-0.3, -0.25) is 0 Å². The smallest absolute Gasteiger partial charge is 0.231 e. The van der Waals surface area contributed by atoms with Crippen LogP contribution in [0.25, 0.3) is 0 Å². The summed E-state index contributed by atoms with van der Waals surface area (Å²) in [5, 5.41) is 7.64. The van der Waals surface area contributed by atoms with Crippen molar-refractivity contribution in [1.82, 2.24) is 15.5 Å². The van der Waals surface area contributed by atoms with E-state index < -0.39 is 0 Å². The van der Waals surface area contributed by atoms with Gasteiger partial charge in [-0.2, -0.15) is 4.98 Å². The molecule has 2 heterocycles. The molecule has 1 aromatic heterocycles. The zero-order chi connectivity index (χ0) is 13.4. The predicted molar refractivity (Wildman–Crippen MR) is 75.7 cm³/mol. The van der Waals surface area contributed by atoms with Crippen molar-refractivity contribution in [3.05, 3.63) is 47.1 Å². The van der Waals surface area contributed by atoms with E-state index >= 15 is 0 Å². The SMILES string of the molecule is c1ccc2c(c1)CC(c1noc([C@@H]3CCCNC3)n1)C2. The molecule has 4 heteroatoms. The van der Waals surface area contributed by atoms with Gasteiger partial charge in [0, 0.05) is 12.5 Å². The molecule has 0 unspecified atom stereocenters. The molecule has 1 saturated heterocycles. The summed E-state index contributed by atoms with van der Waals surface area (Å²) in [5.41, 5.74) is 2.87. The molecule has 104 valence electrons. The number of rotatable bonds is 2. The van der Waals surface area contributed by atoms with E-state index in [0.29, 0.717) is 11.8 Å². The van der Waals surface area contributed by atoms with Crippen LogP contribution in [0.3, 0.4) is 0 Å². The Hall–Kier alpha value is -1.68. The van der Waals surface area contributed by atoms with E-state index in [9.17, 15) is 0 Å². The third-order valence-electron chi connectivity index (χ3n) is 4.52. The van der Waals surface area contributed by atoms with E-state index in [1.807, 2.05) is 0 Å². The molecule has 4 nitrogen and oxygen atoms in total. The average Bonchev–Trinajstić information content (AvgIpc) is 3.14. The number of benzene rings is 1. The van der Waals surface area contributed by atoms with Crippen LogP contribution in [0.5, 0.6) is 0 Å². The average molecular weight is 269 g/mol. The molecule has 1 atom stereocenters. The van der Waals surface area contributed by atoms with E-state index in [0.717, 1.165) is 44.1 Å². The van der Waals surface area contributed by atoms with Crippen molar-refractivity contribution in [2.45, 2.75) is 37.5 Å². The first-order chi connectivity index (χ1) is 9.90. The van der Waals surface area contributed by atoms with Crippen molar-refractivity contribution in [2.24, 2.45) is 0 Å². The van der Waals surface area contributed by atoms with Crippen LogP contribution in [0.1, 0.15) is 47.5 Å². The maximum Gasteiger partial charge on any atom is 0.231 e. The lowest BCUT2D eigenvalue weighted by Gasteiger charge is -2.18. The van der Waals surface area contributed by atoms with Gasteiger partial charge in [0.15, 0.2) is 5.82 Å². The summed E-state index contributed by atoms with van der Waals surface area (Å²) in [5.74, 6) is 2.50. The van der Waals surface area contributed by atoms with E-state index in [4.69, 9.17) is 4.52 Å². The molecule has 0 bridgehead atoms. The lowest BCUT2D eigenvalue weighted by atomic mass is 9.99. The molecular weight excluding hydrogens is 250 g/mol. The second kappa shape index (κ2) is 5.02. The van der Waals surface area contributed by atoms with Crippen LogP contribution in [-0.4, -0.2) is 23.2 Å². The van der Waals surface area contributed by atoms with Crippen molar-refractivity contribution in [1.29, 1.82) is 0 Å². The first-order valence-electron chi connectivity index (χ1n) is 7.51. The second-order valence-corrected chi connectivity index (χ2v) is 5.91. The minimum Gasteiger partial charge on any atom is -0.339 e. The second-order valence-electron chi connectivity index (χ2n) is 5.91. The highest BCUT2D eigenvalue weighted by atomic mass is 16.5. The van der Waals surface area contributed by atoms with Gasteiger partial charge < -0.3 is 9.84 Å². The van der Waals surface area contributed by atoms with Gasteiger partial charge in [-0.25, -0.2) is 0 Å². The molecule has 4 rings (SSSR count). The highest BCUT2D eigenvalue weighted by molar-refractivity contribution is 5.34. The monoisotopic (exact) mass is 269 g/mol. The highest BCUT2D eigenvalue weighted by Crippen LogP contribution is 2.33. The Morgan fingerprint density at radius 3 is 2.60 bits per heavy atom. The van der Waals surface area contributed by atoms with Crippen LogP contribution in [0.15, 0.2) is 28.8 Å². The van der Waals surface area contributed by atoms with Gasteiger partial charge in [-0.15, -0.1) is 0 Å². The molecule has 2 aromatic rings. The molecule has 1 aliphatic carbocycles.